The maximum absolute atomic E-state index is 12.9. The Morgan fingerprint density at radius 2 is 1.81 bits per heavy atom. The monoisotopic (exact) mass is 460 g/mol. The number of piperidine rings is 1. The van der Waals surface area contributed by atoms with Crippen molar-refractivity contribution in [3.8, 4) is 5.75 Å². The summed E-state index contributed by atoms with van der Waals surface area (Å²) in [6.07, 6.45) is 6.21. The summed E-state index contributed by atoms with van der Waals surface area (Å²) >= 11 is 0. The van der Waals surface area contributed by atoms with Gasteiger partial charge in [-0.3, -0.25) is 9.36 Å². The van der Waals surface area contributed by atoms with Gasteiger partial charge in [-0.1, -0.05) is 24.3 Å². The third kappa shape index (κ3) is 5.22. The molecule has 1 aliphatic carbocycles. The van der Waals surface area contributed by atoms with Crippen LogP contribution in [-0.2, 0) is 36.0 Å². The molecule has 1 aromatic heterocycles. The zero-order chi connectivity index (χ0) is 22.7. The Kier molecular flexibility index (Phi) is 6.97. The van der Waals surface area contributed by atoms with E-state index < -0.39 is 10.0 Å². The van der Waals surface area contributed by atoms with Crippen LogP contribution in [0.25, 0.3) is 0 Å². The van der Waals surface area contributed by atoms with Crippen LogP contribution in [0.1, 0.15) is 36.7 Å². The van der Waals surface area contributed by atoms with Gasteiger partial charge in [0.15, 0.2) is 0 Å². The number of nitrogens with zero attached hydrogens (tertiary/aromatic N) is 3. The molecule has 1 N–H and O–H groups in total. The van der Waals surface area contributed by atoms with Crippen molar-refractivity contribution >= 4 is 10.0 Å². The fourth-order valence-corrected chi connectivity index (χ4v) is 5.50. The first-order valence-electron chi connectivity index (χ1n) is 11.3. The second-order valence-corrected chi connectivity index (χ2v) is 10.7. The molecule has 0 amide bonds. The molecule has 2 aromatic rings. The highest BCUT2D eigenvalue weighted by atomic mass is 32.2. The number of rotatable bonds is 8. The number of nitrogens with one attached hydrogen (secondary N) is 1. The number of aromatic nitrogens is 2. The van der Waals surface area contributed by atoms with Gasteiger partial charge in [0.25, 0.3) is 5.56 Å². The Morgan fingerprint density at radius 1 is 1.16 bits per heavy atom. The SMILES string of the molecule is CCn1c(CNC2Cc3ccccc3C2)ncc(OCC2CCN(S(C)(=O)=O)CC2)c1=O. The van der Waals surface area contributed by atoms with Crippen LogP contribution in [0.2, 0.25) is 0 Å². The molecular weight excluding hydrogens is 428 g/mol. The fourth-order valence-electron chi connectivity index (χ4n) is 4.63. The molecule has 174 valence electrons. The minimum Gasteiger partial charge on any atom is -0.486 e. The lowest BCUT2D eigenvalue weighted by Gasteiger charge is -2.29. The highest BCUT2D eigenvalue weighted by Gasteiger charge is 2.26. The highest BCUT2D eigenvalue weighted by molar-refractivity contribution is 7.88. The van der Waals surface area contributed by atoms with Crippen LogP contribution in [-0.4, -0.2) is 54.3 Å². The average Bonchev–Trinajstić information content (AvgIpc) is 3.20. The third-order valence-electron chi connectivity index (χ3n) is 6.53. The molecule has 4 rings (SSSR count). The topological polar surface area (TPSA) is 93.5 Å². The van der Waals surface area contributed by atoms with Gasteiger partial charge in [0.2, 0.25) is 15.8 Å². The highest BCUT2D eigenvalue weighted by Crippen LogP contribution is 2.22. The van der Waals surface area contributed by atoms with Crippen LogP contribution in [0.5, 0.6) is 5.75 Å². The summed E-state index contributed by atoms with van der Waals surface area (Å²) in [4.78, 5) is 17.5. The van der Waals surface area contributed by atoms with Gasteiger partial charge in [-0.2, -0.15) is 0 Å². The largest absolute Gasteiger partial charge is 0.486 e. The van der Waals surface area contributed by atoms with Crippen molar-refractivity contribution in [2.24, 2.45) is 5.92 Å². The third-order valence-corrected chi connectivity index (χ3v) is 7.83. The van der Waals surface area contributed by atoms with Crippen LogP contribution in [0.4, 0.5) is 0 Å². The van der Waals surface area contributed by atoms with E-state index in [9.17, 15) is 13.2 Å². The number of hydrogen-bond donors (Lipinski definition) is 1. The van der Waals surface area contributed by atoms with Gasteiger partial charge >= 0.3 is 0 Å². The number of ether oxygens (including phenoxy) is 1. The van der Waals surface area contributed by atoms with Gasteiger partial charge in [0.1, 0.15) is 5.82 Å². The second kappa shape index (κ2) is 9.72. The first-order chi connectivity index (χ1) is 15.3. The summed E-state index contributed by atoms with van der Waals surface area (Å²) in [5.41, 5.74) is 2.61. The molecule has 0 unspecified atom stereocenters. The first-order valence-corrected chi connectivity index (χ1v) is 13.2. The molecule has 1 aromatic carbocycles. The smallest absolute Gasteiger partial charge is 0.295 e. The standard InChI is InChI=1S/C23H32N4O4S/c1-3-27-22(15-24-20-12-18-6-4-5-7-19(18)13-20)25-14-21(23(27)28)31-16-17-8-10-26(11-9-17)32(2,29)30/h4-7,14,17,20,24H,3,8-13,15-16H2,1-2H3. The molecule has 0 atom stereocenters. The predicted octanol–water partition coefficient (Wildman–Crippen LogP) is 1.57. The van der Waals surface area contributed by atoms with Crippen LogP contribution in [0.3, 0.4) is 0 Å². The Morgan fingerprint density at radius 3 is 2.41 bits per heavy atom. The normalized spacial score (nSPS) is 18.1. The van der Waals surface area contributed by atoms with E-state index in [1.807, 2.05) is 6.92 Å². The van der Waals surface area contributed by atoms with Crippen molar-refractivity contribution in [1.29, 1.82) is 0 Å². The molecule has 8 nitrogen and oxygen atoms in total. The van der Waals surface area contributed by atoms with Crippen molar-refractivity contribution in [1.82, 2.24) is 19.2 Å². The molecule has 0 spiro atoms. The molecule has 9 heteroatoms. The van der Waals surface area contributed by atoms with Gasteiger partial charge in [-0.25, -0.2) is 17.7 Å². The fraction of sp³-hybridized carbons (Fsp3) is 0.565. The van der Waals surface area contributed by atoms with E-state index in [4.69, 9.17) is 4.74 Å². The van der Waals surface area contributed by atoms with E-state index in [1.54, 1.807) is 4.57 Å². The quantitative estimate of drug-likeness (QED) is 0.643. The van der Waals surface area contributed by atoms with Crippen molar-refractivity contribution in [2.75, 3.05) is 26.0 Å². The summed E-state index contributed by atoms with van der Waals surface area (Å²) in [6.45, 7) is 4.39. The summed E-state index contributed by atoms with van der Waals surface area (Å²) in [5, 5.41) is 3.55. The maximum atomic E-state index is 12.9. The van der Waals surface area contributed by atoms with E-state index in [0.717, 1.165) is 25.7 Å². The summed E-state index contributed by atoms with van der Waals surface area (Å²) in [5.74, 6) is 1.20. The maximum Gasteiger partial charge on any atom is 0.295 e. The van der Waals surface area contributed by atoms with Gasteiger partial charge in [0, 0.05) is 25.7 Å². The molecule has 0 radical (unpaired) electrons. The minimum absolute atomic E-state index is 0.164. The number of hydrogen-bond acceptors (Lipinski definition) is 6. The predicted molar refractivity (Wildman–Crippen MR) is 123 cm³/mol. The molecular formula is C23H32N4O4S. The molecule has 32 heavy (non-hydrogen) atoms. The van der Waals surface area contributed by atoms with E-state index in [0.29, 0.717) is 44.7 Å². The molecule has 1 aliphatic heterocycles. The van der Waals surface area contributed by atoms with Crippen molar-refractivity contribution in [2.45, 2.75) is 51.7 Å². The van der Waals surface area contributed by atoms with Gasteiger partial charge < -0.3 is 10.1 Å². The Labute approximate surface area is 189 Å². The lowest BCUT2D eigenvalue weighted by molar-refractivity contribution is 0.183. The van der Waals surface area contributed by atoms with Crippen molar-refractivity contribution in [3.05, 3.63) is 57.8 Å². The van der Waals surface area contributed by atoms with Crippen molar-refractivity contribution < 1.29 is 13.2 Å². The lowest BCUT2D eigenvalue weighted by atomic mass is 9.99. The summed E-state index contributed by atoms with van der Waals surface area (Å²) in [6, 6.07) is 8.85. The number of fused-ring (bicyclic) bond motifs is 1. The zero-order valence-corrected chi connectivity index (χ0v) is 19.6. The van der Waals surface area contributed by atoms with Crippen LogP contribution in [0, 0.1) is 5.92 Å². The Hall–Kier alpha value is -2.23. The van der Waals surface area contributed by atoms with Gasteiger partial charge in [0.05, 0.1) is 25.6 Å². The van der Waals surface area contributed by atoms with Gasteiger partial charge in [-0.15, -0.1) is 0 Å². The number of benzene rings is 1. The lowest BCUT2D eigenvalue weighted by Crippen LogP contribution is -2.39. The molecule has 0 saturated carbocycles. The van der Waals surface area contributed by atoms with E-state index >= 15 is 0 Å². The summed E-state index contributed by atoms with van der Waals surface area (Å²) in [7, 11) is -3.14. The van der Waals surface area contributed by atoms with Crippen LogP contribution >= 0.6 is 0 Å². The van der Waals surface area contributed by atoms with Crippen LogP contribution < -0.4 is 15.6 Å². The Balaban J connectivity index is 1.33. The average molecular weight is 461 g/mol. The molecule has 1 fully saturated rings. The molecule has 1 saturated heterocycles. The van der Waals surface area contributed by atoms with E-state index in [-0.39, 0.29) is 17.2 Å². The second-order valence-electron chi connectivity index (χ2n) is 8.76. The van der Waals surface area contributed by atoms with Crippen LogP contribution in [0.15, 0.2) is 35.3 Å². The Bertz CT molecular complexity index is 1080. The van der Waals surface area contributed by atoms with E-state index in [1.165, 1.54) is 27.9 Å². The molecule has 2 aliphatic rings. The first kappa shape index (κ1) is 22.9. The molecule has 2 heterocycles. The number of sulfonamides is 1. The van der Waals surface area contributed by atoms with Crippen molar-refractivity contribution in [3.63, 3.8) is 0 Å². The molecule has 0 bridgehead atoms. The zero-order valence-electron chi connectivity index (χ0n) is 18.8. The van der Waals surface area contributed by atoms with E-state index in [2.05, 4.69) is 34.6 Å². The summed E-state index contributed by atoms with van der Waals surface area (Å²) < 4.78 is 32.3. The minimum atomic E-state index is -3.14. The van der Waals surface area contributed by atoms with Gasteiger partial charge in [-0.05, 0) is 49.7 Å².